The molecule has 0 aliphatic carbocycles. The second-order valence-corrected chi connectivity index (χ2v) is 9.49. The van der Waals surface area contributed by atoms with Crippen molar-refractivity contribution in [1.82, 2.24) is 0 Å². The van der Waals surface area contributed by atoms with E-state index in [4.69, 9.17) is 9.16 Å². The van der Waals surface area contributed by atoms with Crippen molar-refractivity contribution in [1.29, 1.82) is 0 Å². The molecule has 1 fully saturated rings. The molecule has 1 radical (unpaired) electrons. The molecule has 1 aliphatic heterocycles. The van der Waals surface area contributed by atoms with Gasteiger partial charge in [-0.2, -0.15) is 0 Å². The molecule has 3 heteroatoms. The van der Waals surface area contributed by atoms with Crippen LogP contribution in [0.3, 0.4) is 0 Å². The van der Waals surface area contributed by atoms with Crippen LogP contribution in [0.15, 0.2) is 0 Å². The summed E-state index contributed by atoms with van der Waals surface area (Å²) in [5, 5.41) is 0. The standard InChI is InChI=1S/C11H23O2Si/c1-14(2,3)13-8-4-5-11-6-9-12-10-7-11/h8,11H,4-7,9-10H2,1-3H3. The van der Waals surface area contributed by atoms with Crippen molar-refractivity contribution in [3.05, 3.63) is 6.61 Å². The van der Waals surface area contributed by atoms with Crippen LogP contribution in [-0.4, -0.2) is 21.5 Å². The van der Waals surface area contributed by atoms with Crippen LogP contribution in [0.1, 0.15) is 25.7 Å². The van der Waals surface area contributed by atoms with Crippen molar-refractivity contribution in [3.63, 3.8) is 0 Å². The Morgan fingerprint density at radius 2 is 1.93 bits per heavy atom. The van der Waals surface area contributed by atoms with Crippen molar-refractivity contribution >= 4 is 8.32 Å². The van der Waals surface area contributed by atoms with Gasteiger partial charge in [-0.25, -0.2) is 0 Å². The zero-order valence-corrected chi connectivity index (χ0v) is 10.7. The summed E-state index contributed by atoms with van der Waals surface area (Å²) in [5.74, 6) is 0.866. The van der Waals surface area contributed by atoms with Crippen molar-refractivity contribution in [3.8, 4) is 0 Å². The molecule has 0 aromatic heterocycles. The van der Waals surface area contributed by atoms with Crippen LogP contribution in [0.25, 0.3) is 0 Å². The molecule has 2 nitrogen and oxygen atoms in total. The lowest BCUT2D eigenvalue weighted by Gasteiger charge is -2.22. The van der Waals surface area contributed by atoms with Gasteiger partial charge in [0.2, 0.25) is 0 Å². The van der Waals surface area contributed by atoms with Gasteiger partial charge in [0.25, 0.3) is 0 Å². The largest absolute Gasteiger partial charge is 0.412 e. The first-order valence-electron chi connectivity index (χ1n) is 5.65. The Hall–Kier alpha value is 0.137. The monoisotopic (exact) mass is 215 g/mol. The third-order valence-electron chi connectivity index (χ3n) is 2.47. The zero-order chi connectivity index (χ0) is 10.4. The van der Waals surface area contributed by atoms with Crippen LogP contribution in [0.4, 0.5) is 0 Å². The molecule has 1 aliphatic rings. The summed E-state index contributed by atoms with van der Waals surface area (Å²) in [7, 11) is -1.32. The van der Waals surface area contributed by atoms with Gasteiger partial charge < -0.3 is 9.16 Å². The highest BCUT2D eigenvalue weighted by Gasteiger charge is 2.16. The minimum atomic E-state index is -1.32. The predicted molar refractivity (Wildman–Crippen MR) is 61.5 cm³/mol. The van der Waals surface area contributed by atoms with E-state index in [2.05, 4.69) is 19.6 Å². The van der Waals surface area contributed by atoms with Crippen molar-refractivity contribution in [2.75, 3.05) is 13.2 Å². The van der Waals surface area contributed by atoms with Gasteiger partial charge in [-0.3, -0.25) is 0 Å². The topological polar surface area (TPSA) is 18.5 Å². The second kappa shape index (κ2) is 5.88. The van der Waals surface area contributed by atoms with Crippen molar-refractivity contribution in [2.45, 2.75) is 45.3 Å². The summed E-state index contributed by atoms with van der Waals surface area (Å²) in [6, 6.07) is 0. The SMILES string of the molecule is C[Si](C)(C)O[CH]CCC1CCOCC1. The molecule has 1 saturated heterocycles. The Kier molecular flexibility index (Phi) is 5.13. The molecule has 0 amide bonds. The van der Waals surface area contributed by atoms with E-state index >= 15 is 0 Å². The fraction of sp³-hybridized carbons (Fsp3) is 0.909. The average molecular weight is 215 g/mol. The third-order valence-corrected chi connectivity index (χ3v) is 3.34. The van der Waals surface area contributed by atoms with Crippen LogP contribution in [0, 0.1) is 12.5 Å². The Labute approximate surface area is 89.1 Å². The van der Waals surface area contributed by atoms with Crippen LogP contribution >= 0.6 is 0 Å². The lowest BCUT2D eigenvalue weighted by atomic mass is 9.95. The Morgan fingerprint density at radius 3 is 2.50 bits per heavy atom. The van der Waals surface area contributed by atoms with Crippen LogP contribution in [0.2, 0.25) is 19.6 Å². The van der Waals surface area contributed by atoms with Gasteiger partial charge >= 0.3 is 0 Å². The lowest BCUT2D eigenvalue weighted by Crippen LogP contribution is -2.24. The van der Waals surface area contributed by atoms with Gasteiger partial charge in [-0.15, -0.1) is 0 Å². The molecular formula is C11H23O2Si. The summed E-state index contributed by atoms with van der Waals surface area (Å²) < 4.78 is 11.0. The quantitative estimate of drug-likeness (QED) is 0.518. The van der Waals surface area contributed by atoms with Gasteiger partial charge in [-0.1, -0.05) is 0 Å². The van der Waals surface area contributed by atoms with Crippen LogP contribution in [0.5, 0.6) is 0 Å². The summed E-state index contributed by atoms with van der Waals surface area (Å²) >= 11 is 0. The fourth-order valence-corrected chi connectivity index (χ4v) is 2.27. The number of rotatable bonds is 5. The Balaban J connectivity index is 1.97. The molecule has 0 N–H and O–H groups in total. The molecule has 0 aromatic rings. The molecule has 0 unspecified atom stereocenters. The highest BCUT2D eigenvalue weighted by atomic mass is 28.4. The normalized spacial score (nSPS) is 19.9. The van der Waals surface area contributed by atoms with E-state index in [1.54, 1.807) is 0 Å². The van der Waals surface area contributed by atoms with Crippen molar-refractivity contribution < 1.29 is 9.16 Å². The molecule has 1 heterocycles. The molecule has 1 rings (SSSR count). The first-order chi connectivity index (χ1) is 6.58. The van der Waals surface area contributed by atoms with E-state index in [1.807, 2.05) is 6.61 Å². The minimum Gasteiger partial charge on any atom is -0.412 e. The lowest BCUT2D eigenvalue weighted by molar-refractivity contribution is 0.0631. The molecule has 0 atom stereocenters. The minimum absolute atomic E-state index is 0.866. The first kappa shape index (κ1) is 12.2. The van der Waals surface area contributed by atoms with E-state index in [1.165, 1.54) is 19.3 Å². The average Bonchev–Trinajstić information content (AvgIpc) is 2.13. The number of hydrogen-bond acceptors (Lipinski definition) is 2. The molecule has 0 aromatic carbocycles. The number of hydrogen-bond donors (Lipinski definition) is 0. The molecular weight excluding hydrogens is 192 g/mol. The highest BCUT2D eigenvalue weighted by Crippen LogP contribution is 2.21. The maximum absolute atomic E-state index is 5.70. The summed E-state index contributed by atoms with van der Waals surface area (Å²) in [4.78, 5) is 0. The van der Waals surface area contributed by atoms with E-state index in [-0.39, 0.29) is 0 Å². The third kappa shape index (κ3) is 5.78. The van der Waals surface area contributed by atoms with E-state index in [9.17, 15) is 0 Å². The van der Waals surface area contributed by atoms with Gasteiger partial charge in [0.1, 0.15) is 0 Å². The molecule has 14 heavy (non-hydrogen) atoms. The summed E-state index contributed by atoms with van der Waals surface area (Å²) in [5.41, 5.74) is 0. The van der Waals surface area contributed by atoms with Crippen LogP contribution < -0.4 is 0 Å². The summed E-state index contributed by atoms with van der Waals surface area (Å²) in [6.07, 6.45) is 4.85. The van der Waals surface area contributed by atoms with Gasteiger partial charge in [0, 0.05) is 13.2 Å². The van der Waals surface area contributed by atoms with Gasteiger partial charge in [-0.05, 0) is 51.2 Å². The van der Waals surface area contributed by atoms with E-state index in [0.29, 0.717) is 0 Å². The van der Waals surface area contributed by atoms with E-state index in [0.717, 1.165) is 25.6 Å². The fourth-order valence-electron chi connectivity index (χ4n) is 1.65. The van der Waals surface area contributed by atoms with Crippen LogP contribution in [-0.2, 0) is 9.16 Å². The zero-order valence-electron chi connectivity index (χ0n) is 9.71. The molecule has 0 saturated carbocycles. The smallest absolute Gasteiger partial charge is 0.184 e. The summed E-state index contributed by atoms with van der Waals surface area (Å²) in [6.45, 7) is 10.6. The Bertz CT molecular complexity index is 148. The predicted octanol–water partition coefficient (Wildman–Crippen LogP) is 3.21. The first-order valence-corrected chi connectivity index (χ1v) is 9.06. The van der Waals surface area contributed by atoms with Crippen molar-refractivity contribution in [2.24, 2.45) is 5.92 Å². The highest BCUT2D eigenvalue weighted by molar-refractivity contribution is 6.69. The molecule has 83 valence electrons. The van der Waals surface area contributed by atoms with Gasteiger partial charge in [0.05, 0.1) is 6.61 Å². The van der Waals surface area contributed by atoms with Gasteiger partial charge in [0.15, 0.2) is 8.32 Å². The van der Waals surface area contributed by atoms with E-state index < -0.39 is 8.32 Å². The molecule has 0 spiro atoms. The number of ether oxygens (including phenoxy) is 1. The maximum Gasteiger partial charge on any atom is 0.184 e. The Morgan fingerprint density at radius 1 is 1.29 bits per heavy atom. The maximum atomic E-state index is 5.70. The molecule has 0 bridgehead atoms. The second-order valence-electron chi connectivity index (χ2n) is 5.03.